The van der Waals surface area contributed by atoms with Gasteiger partial charge in [0, 0.05) is 31.7 Å². The van der Waals surface area contributed by atoms with Crippen molar-refractivity contribution < 1.29 is 17.9 Å². The Labute approximate surface area is 124 Å². The highest BCUT2D eigenvalue weighted by Gasteiger charge is 2.27. The Balaban J connectivity index is 2.09. The molecule has 0 bridgehead atoms. The van der Waals surface area contributed by atoms with E-state index in [0.717, 1.165) is 5.56 Å². The Morgan fingerprint density at radius 1 is 1.24 bits per heavy atom. The number of carbonyl (C=O) groups excluding carboxylic acids is 1. The van der Waals surface area contributed by atoms with Gasteiger partial charge in [0.1, 0.15) is 5.75 Å². The summed E-state index contributed by atoms with van der Waals surface area (Å²) in [5, 5.41) is 5.08. The zero-order valence-corrected chi connectivity index (χ0v) is 12.9. The van der Waals surface area contributed by atoms with Gasteiger partial charge in [-0.2, -0.15) is 12.7 Å². The van der Waals surface area contributed by atoms with Crippen LogP contribution in [0, 0.1) is 6.92 Å². The number of hydrogen-bond acceptors (Lipinski definition) is 4. The van der Waals surface area contributed by atoms with E-state index in [0.29, 0.717) is 24.4 Å². The molecule has 1 aliphatic rings. The lowest BCUT2D eigenvalue weighted by Crippen LogP contribution is -2.52. The molecule has 0 saturated carbocycles. The molecule has 1 heterocycles. The number of rotatable bonds is 3. The minimum atomic E-state index is -3.68. The average molecular weight is 313 g/mol. The first-order valence-corrected chi connectivity index (χ1v) is 8.05. The Kier molecular flexibility index (Phi) is 4.50. The molecular formula is C13H19N3O4S. The summed E-state index contributed by atoms with van der Waals surface area (Å²) in [5.41, 5.74) is 1.48. The lowest BCUT2D eigenvalue weighted by molar-refractivity contribution is 0.0697. The van der Waals surface area contributed by atoms with Crippen LogP contribution in [0.1, 0.15) is 15.9 Å². The number of amides is 1. The van der Waals surface area contributed by atoms with E-state index in [1.54, 1.807) is 24.1 Å². The van der Waals surface area contributed by atoms with Crippen LogP contribution in [0.15, 0.2) is 18.2 Å². The zero-order valence-electron chi connectivity index (χ0n) is 12.1. The molecule has 1 aliphatic heterocycles. The molecule has 2 N–H and O–H groups in total. The molecule has 1 aromatic rings. The minimum absolute atomic E-state index is 0.137. The van der Waals surface area contributed by atoms with E-state index < -0.39 is 10.2 Å². The highest BCUT2D eigenvalue weighted by molar-refractivity contribution is 7.86. The molecule has 7 nitrogen and oxygen atoms in total. The van der Waals surface area contributed by atoms with Crippen molar-refractivity contribution in [1.82, 2.24) is 9.21 Å². The number of benzene rings is 1. The first-order chi connectivity index (χ1) is 9.82. The molecule has 1 fully saturated rings. The molecular weight excluding hydrogens is 294 g/mol. The van der Waals surface area contributed by atoms with Crippen molar-refractivity contribution in [3.05, 3.63) is 29.3 Å². The van der Waals surface area contributed by atoms with Gasteiger partial charge >= 0.3 is 0 Å². The van der Waals surface area contributed by atoms with Crippen molar-refractivity contribution in [2.24, 2.45) is 5.14 Å². The second kappa shape index (κ2) is 6.00. The van der Waals surface area contributed by atoms with Crippen molar-refractivity contribution in [3.63, 3.8) is 0 Å². The molecule has 2 rings (SSSR count). The molecule has 1 amide bonds. The fourth-order valence-corrected chi connectivity index (χ4v) is 2.95. The molecule has 0 aliphatic carbocycles. The maximum absolute atomic E-state index is 12.4. The Morgan fingerprint density at radius 2 is 1.86 bits per heavy atom. The normalized spacial score (nSPS) is 16.8. The molecule has 0 spiro atoms. The van der Waals surface area contributed by atoms with E-state index in [-0.39, 0.29) is 19.0 Å². The lowest BCUT2D eigenvalue weighted by atomic mass is 10.1. The summed E-state index contributed by atoms with van der Waals surface area (Å²) >= 11 is 0. The van der Waals surface area contributed by atoms with Crippen molar-refractivity contribution in [2.75, 3.05) is 33.3 Å². The first kappa shape index (κ1) is 15.7. The maximum Gasteiger partial charge on any atom is 0.277 e. The smallest absolute Gasteiger partial charge is 0.277 e. The number of ether oxygens (including phenoxy) is 1. The van der Waals surface area contributed by atoms with Crippen LogP contribution in [0.3, 0.4) is 0 Å². The number of aryl methyl sites for hydroxylation is 1. The highest BCUT2D eigenvalue weighted by atomic mass is 32.2. The van der Waals surface area contributed by atoms with Gasteiger partial charge in [-0.1, -0.05) is 6.07 Å². The lowest BCUT2D eigenvalue weighted by Gasteiger charge is -2.33. The highest BCUT2D eigenvalue weighted by Crippen LogP contribution is 2.20. The van der Waals surface area contributed by atoms with Crippen LogP contribution < -0.4 is 9.88 Å². The van der Waals surface area contributed by atoms with Crippen LogP contribution in [0.5, 0.6) is 5.75 Å². The number of nitrogens with two attached hydrogens (primary N) is 1. The van der Waals surface area contributed by atoms with Gasteiger partial charge in [0.15, 0.2) is 0 Å². The summed E-state index contributed by atoms with van der Waals surface area (Å²) < 4.78 is 28.9. The third-order valence-electron chi connectivity index (χ3n) is 3.54. The maximum atomic E-state index is 12.4. The molecule has 8 heteroatoms. The molecule has 1 aromatic carbocycles. The van der Waals surface area contributed by atoms with Crippen LogP contribution in [-0.2, 0) is 10.2 Å². The number of nitrogens with zero attached hydrogens (tertiary/aromatic N) is 2. The van der Waals surface area contributed by atoms with E-state index in [4.69, 9.17) is 9.88 Å². The van der Waals surface area contributed by atoms with Gasteiger partial charge in [0.2, 0.25) is 0 Å². The van der Waals surface area contributed by atoms with E-state index >= 15 is 0 Å². The van der Waals surface area contributed by atoms with Gasteiger partial charge < -0.3 is 9.64 Å². The molecule has 1 saturated heterocycles. The van der Waals surface area contributed by atoms with Crippen LogP contribution in [0.4, 0.5) is 0 Å². The molecule has 116 valence electrons. The monoisotopic (exact) mass is 313 g/mol. The van der Waals surface area contributed by atoms with Gasteiger partial charge in [-0.15, -0.1) is 0 Å². The van der Waals surface area contributed by atoms with E-state index in [1.807, 2.05) is 13.0 Å². The summed E-state index contributed by atoms with van der Waals surface area (Å²) in [5.74, 6) is 0.520. The van der Waals surface area contributed by atoms with Gasteiger partial charge in [-0.25, -0.2) is 5.14 Å². The topological polar surface area (TPSA) is 92.9 Å². The molecule has 21 heavy (non-hydrogen) atoms. The SMILES string of the molecule is COc1cc(C(=O)N2CCN(S(N)(=O)=O)CC2)ccc1C. The third kappa shape index (κ3) is 3.52. The largest absolute Gasteiger partial charge is 0.496 e. The summed E-state index contributed by atoms with van der Waals surface area (Å²) in [7, 11) is -2.12. The van der Waals surface area contributed by atoms with Crippen molar-refractivity contribution in [1.29, 1.82) is 0 Å². The quantitative estimate of drug-likeness (QED) is 0.847. The summed E-state index contributed by atoms with van der Waals surface area (Å²) in [4.78, 5) is 14.0. The molecule has 0 unspecified atom stereocenters. The van der Waals surface area contributed by atoms with Gasteiger partial charge in [0.25, 0.3) is 16.1 Å². The fourth-order valence-electron chi connectivity index (χ4n) is 2.28. The van der Waals surface area contributed by atoms with Crippen LogP contribution in [-0.4, -0.2) is 56.8 Å². The van der Waals surface area contributed by atoms with Gasteiger partial charge in [-0.3, -0.25) is 4.79 Å². The second-order valence-electron chi connectivity index (χ2n) is 4.92. The van der Waals surface area contributed by atoms with E-state index in [2.05, 4.69) is 0 Å². The van der Waals surface area contributed by atoms with Crippen molar-refractivity contribution >= 4 is 16.1 Å². The molecule has 0 aromatic heterocycles. The predicted molar refractivity (Wildman–Crippen MR) is 78.3 cm³/mol. The number of carbonyl (C=O) groups is 1. The van der Waals surface area contributed by atoms with Crippen molar-refractivity contribution in [2.45, 2.75) is 6.92 Å². The number of hydrogen-bond donors (Lipinski definition) is 1. The van der Waals surface area contributed by atoms with Crippen molar-refractivity contribution in [3.8, 4) is 5.75 Å². The molecule has 0 radical (unpaired) electrons. The molecule has 0 atom stereocenters. The van der Waals surface area contributed by atoms with E-state index in [9.17, 15) is 13.2 Å². The average Bonchev–Trinajstić information content (AvgIpc) is 2.46. The Bertz CT molecular complexity index is 637. The first-order valence-electron chi connectivity index (χ1n) is 6.54. The summed E-state index contributed by atoms with van der Waals surface area (Å²) in [6.07, 6.45) is 0. The van der Waals surface area contributed by atoms with Gasteiger partial charge in [-0.05, 0) is 24.6 Å². The van der Waals surface area contributed by atoms with Crippen LogP contribution in [0.2, 0.25) is 0 Å². The predicted octanol–water partition coefficient (Wildman–Crippen LogP) is -0.0351. The number of methoxy groups -OCH3 is 1. The van der Waals surface area contributed by atoms with Crippen LogP contribution in [0.25, 0.3) is 0 Å². The zero-order chi connectivity index (χ0) is 15.6. The van der Waals surface area contributed by atoms with Gasteiger partial charge in [0.05, 0.1) is 7.11 Å². The standard InChI is InChI=1S/C13H19N3O4S/c1-10-3-4-11(9-12(10)20-2)13(17)15-5-7-16(8-6-15)21(14,18)19/h3-4,9H,5-8H2,1-2H3,(H2,14,18,19). The fraction of sp³-hybridized carbons (Fsp3) is 0.462. The Hall–Kier alpha value is -1.64. The summed E-state index contributed by atoms with van der Waals surface area (Å²) in [6, 6.07) is 5.27. The minimum Gasteiger partial charge on any atom is -0.496 e. The number of piperazine rings is 1. The van der Waals surface area contributed by atoms with E-state index in [1.165, 1.54) is 4.31 Å². The second-order valence-corrected chi connectivity index (χ2v) is 6.47. The third-order valence-corrected chi connectivity index (χ3v) is 4.63. The Morgan fingerprint density at radius 3 is 2.38 bits per heavy atom. The van der Waals surface area contributed by atoms with Crippen LogP contribution >= 0.6 is 0 Å². The summed E-state index contributed by atoms with van der Waals surface area (Å²) in [6.45, 7) is 2.98.